The Labute approximate surface area is 136 Å². The predicted molar refractivity (Wildman–Crippen MR) is 85.3 cm³/mol. The maximum Gasteiger partial charge on any atom is 0.321 e. The molecule has 1 aromatic rings. The maximum absolute atomic E-state index is 12.1. The summed E-state index contributed by atoms with van der Waals surface area (Å²) in [6.45, 7) is 6.25. The van der Waals surface area contributed by atoms with Gasteiger partial charge in [-0.15, -0.1) is 0 Å². The monoisotopic (exact) mass is 342 g/mol. The van der Waals surface area contributed by atoms with Crippen LogP contribution in [0.3, 0.4) is 0 Å². The van der Waals surface area contributed by atoms with E-state index < -0.39 is 35.1 Å². The minimum atomic E-state index is -3.80. The van der Waals surface area contributed by atoms with Crippen LogP contribution < -0.4 is 10.0 Å². The van der Waals surface area contributed by atoms with Crippen molar-refractivity contribution >= 4 is 21.9 Å². The van der Waals surface area contributed by atoms with Gasteiger partial charge in [0.05, 0.1) is 4.90 Å². The fourth-order valence-electron chi connectivity index (χ4n) is 1.68. The first-order valence-electron chi connectivity index (χ1n) is 7.13. The number of amides is 1. The van der Waals surface area contributed by atoms with E-state index >= 15 is 0 Å². The molecule has 0 saturated carbocycles. The highest BCUT2D eigenvalue weighted by Gasteiger charge is 2.17. The van der Waals surface area contributed by atoms with E-state index in [-0.39, 0.29) is 10.9 Å². The van der Waals surface area contributed by atoms with E-state index in [0.717, 1.165) is 11.1 Å². The first kappa shape index (κ1) is 19.1. The van der Waals surface area contributed by atoms with Crippen LogP contribution in [0.4, 0.5) is 0 Å². The summed E-state index contributed by atoms with van der Waals surface area (Å²) in [4.78, 5) is 22.9. The molecule has 0 spiro atoms. The normalized spacial score (nSPS) is 11.3. The molecular weight excluding hydrogens is 320 g/mol. The highest BCUT2D eigenvalue weighted by molar-refractivity contribution is 7.89. The van der Waals surface area contributed by atoms with Crippen LogP contribution in [0.15, 0.2) is 23.1 Å². The van der Waals surface area contributed by atoms with Crippen LogP contribution in [0.2, 0.25) is 0 Å². The third-order valence-electron chi connectivity index (χ3n) is 3.01. The lowest BCUT2D eigenvalue weighted by Crippen LogP contribution is -2.36. The van der Waals surface area contributed by atoms with Gasteiger partial charge in [-0.1, -0.05) is 6.07 Å². The summed E-state index contributed by atoms with van der Waals surface area (Å²) in [5.41, 5.74) is 1.81. The topological polar surface area (TPSA) is 102 Å². The van der Waals surface area contributed by atoms with Gasteiger partial charge in [-0.2, -0.15) is 4.72 Å². The Balaban J connectivity index is 2.54. The number of esters is 1. The third kappa shape index (κ3) is 6.37. The number of carbonyl (C=O) groups is 2. The highest BCUT2D eigenvalue weighted by atomic mass is 32.2. The summed E-state index contributed by atoms with van der Waals surface area (Å²) in [7, 11) is -3.80. The lowest BCUT2D eigenvalue weighted by Gasteiger charge is -2.10. The molecule has 1 rings (SSSR count). The van der Waals surface area contributed by atoms with Crippen molar-refractivity contribution in [2.75, 3.05) is 13.2 Å². The van der Waals surface area contributed by atoms with E-state index in [4.69, 9.17) is 4.74 Å². The Morgan fingerprint density at radius 3 is 2.39 bits per heavy atom. The Bertz CT molecular complexity index is 683. The van der Waals surface area contributed by atoms with Crippen LogP contribution in [-0.2, 0) is 24.3 Å². The molecule has 1 amide bonds. The van der Waals surface area contributed by atoms with Crippen LogP contribution in [0.5, 0.6) is 0 Å². The van der Waals surface area contributed by atoms with Crippen molar-refractivity contribution in [1.82, 2.24) is 10.0 Å². The summed E-state index contributed by atoms with van der Waals surface area (Å²) in [6.07, 6.45) is 0. The van der Waals surface area contributed by atoms with Gasteiger partial charge >= 0.3 is 5.97 Å². The molecule has 0 aliphatic heterocycles. The number of sulfonamides is 1. The first-order valence-corrected chi connectivity index (χ1v) is 8.62. The Morgan fingerprint density at radius 2 is 1.83 bits per heavy atom. The van der Waals surface area contributed by atoms with Crippen molar-refractivity contribution in [3.8, 4) is 0 Å². The van der Waals surface area contributed by atoms with Crippen molar-refractivity contribution in [3.05, 3.63) is 29.3 Å². The summed E-state index contributed by atoms with van der Waals surface area (Å²) in [6, 6.07) is 4.62. The van der Waals surface area contributed by atoms with Gasteiger partial charge in [0.2, 0.25) is 10.0 Å². The second-order valence-corrected chi connectivity index (χ2v) is 7.22. The molecule has 0 atom stereocenters. The minimum absolute atomic E-state index is 0.0653. The van der Waals surface area contributed by atoms with Crippen LogP contribution in [0.25, 0.3) is 0 Å². The first-order chi connectivity index (χ1) is 10.6. The van der Waals surface area contributed by atoms with Crippen molar-refractivity contribution < 1.29 is 22.7 Å². The fourth-order valence-corrected chi connectivity index (χ4v) is 2.73. The average molecular weight is 342 g/mol. The lowest BCUT2D eigenvalue weighted by atomic mass is 10.1. The average Bonchev–Trinajstić information content (AvgIpc) is 2.45. The molecule has 128 valence electrons. The zero-order chi connectivity index (χ0) is 17.6. The van der Waals surface area contributed by atoms with Gasteiger partial charge in [-0.05, 0) is 51.0 Å². The summed E-state index contributed by atoms with van der Waals surface area (Å²) in [5, 5.41) is 2.55. The van der Waals surface area contributed by atoms with Gasteiger partial charge in [0.15, 0.2) is 6.61 Å². The number of rotatable bonds is 7. The van der Waals surface area contributed by atoms with E-state index in [9.17, 15) is 18.0 Å². The number of aryl methyl sites for hydroxylation is 2. The Kier molecular flexibility index (Phi) is 6.71. The van der Waals surface area contributed by atoms with Crippen molar-refractivity contribution in [3.63, 3.8) is 0 Å². The van der Waals surface area contributed by atoms with Gasteiger partial charge in [-0.25, -0.2) is 8.42 Å². The molecule has 23 heavy (non-hydrogen) atoms. The largest absolute Gasteiger partial charge is 0.455 e. The van der Waals surface area contributed by atoms with Crippen molar-refractivity contribution in [1.29, 1.82) is 0 Å². The molecular formula is C15H22N2O5S. The van der Waals surface area contributed by atoms with Crippen LogP contribution in [0.1, 0.15) is 25.0 Å². The summed E-state index contributed by atoms with van der Waals surface area (Å²) < 4.78 is 31.0. The Hall–Kier alpha value is -1.93. The van der Waals surface area contributed by atoms with E-state index in [1.54, 1.807) is 26.8 Å². The van der Waals surface area contributed by atoms with E-state index in [1.165, 1.54) is 12.1 Å². The van der Waals surface area contributed by atoms with Gasteiger partial charge in [0.25, 0.3) is 5.91 Å². The molecule has 2 N–H and O–H groups in total. The molecule has 0 unspecified atom stereocenters. The van der Waals surface area contributed by atoms with Gasteiger partial charge < -0.3 is 10.1 Å². The number of ether oxygens (including phenoxy) is 1. The zero-order valence-electron chi connectivity index (χ0n) is 13.7. The molecule has 0 aliphatic carbocycles. The standard InChI is InChI=1S/C15H22N2O5S/c1-10(2)17-14(18)9-22-15(19)8-16-23(20,21)13-6-5-11(3)12(4)7-13/h5-7,10,16H,8-9H2,1-4H3,(H,17,18). The molecule has 0 bridgehead atoms. The molecule has 0 fully saturated rings. The molecule has 0 aliphatic rings. The lowest BCUT2D eigenvalue weighted by molar-refractivity contribution is -0.147. The van der Waals surface area contributed by atoms with Crippen molar-refractivity contribution in [2.24, 2.45) is 0 Å². The van der Waals surface area contributed by atoms with Crippen LogP contribution in [-0.4, -0.2) is 39.5 Å². The smallest absolute Gasteiger partial charge is 0.321 e. The number of carbonyl (C=O) groups excluding carboxylic acids is 2. The zero-order valence-corrected chi connectivity index (χ0v) is 14.5. The van der Waals surface area contributed by atoms with Crippen LogP contribution >= 0.6 is 0 Å². The van der Waals surface area contributed by atoms with Gasteiger partial charge in [-0.3, -0.25) is 9.59 Å². The van der Waals surface area contributed by atoms with Crippen LogP contribution in [0, 0.1) is 13.8 Å². The van der Waals surface area contributed by atoms with E-state index in [2.05, 4.69) is 10.0 Å². The third-order valence-corrected chi connectivity index (χ3v) is 4.41. The SMILES string of the molecule is Cc1ccc(S(=O)(=O)NCC(=O)OCC(=O)NC(C)C)cc1C. The van der Waals surface area contributed by atoms with Crippen molar-refractivity contribution in [2.45, 2.75) is 38.6 Å². The number of benzene rings is 1. The Morgan fingerprint density at radius 1 is 1.17 bits per heavy atom. The van der Waals surface area contributed by atoms with Gasteiger partial charge in [0, 0.05) is 6.04 Å². The van der Waals surface area contributed by atoms with E-state index in [1.807, 2.05) is 6.92 Å². The number of hydrogen-bond donors (Lipinski definition) is 2. The van der Waals surface area contributed by atoms with Gasteiger partial charge in [0.1, 0.15) is 6.54 Å². The molecule has 1 aromatic carbocycles. The minimum Gasteiger partial charge on any atom is -0.455 e. The molecule has 0 heterocycles. The number of hydrogen-bond acceptors (Lipinski definition) is 5. The molecule has 7 nitrogen and oxygen atoms in total. The highest BCUT2D eigenvalue weighted by Crippen LogP contribution is 2.14. The molecule has 0 aromatic heterocycles. The van der Waals surface area contributed by atoms with E-state index in [0.29, 0.717) is 0 Å². The predicted octanol–water partition coefficient (Wildman–Crippen LogP) is 0.650. The fraction of sp³-hybridized carbons (Fsp3) is 0.467. The summed E-state index contributed by atoms with van der Waals surface area (Å²) >= 11 is 0. The summed E-state index contributed by atoms with van der Waals surface area (Å²) in [5.74, 6) is -1.26. The molecule has 0 radical (unpaired) electrons. The molecule has 0 saturated heterocycles. The number of nitrogens with one attached hydrogen (secondary N) is 2. The maximum atomic E-state index is 12.1. The second-order valence-electron chi connectivity index (χ2n) is 5.45. The quantitative estimate of drug-likeness (QED) is 0.709. The second kappa shape index (κ2) is 8.07. The molecule has 8 heteroatoms.